The summed E-state index contributed by atoms with van der Waals surface area (Å²) in [4.78, 5) is 0. The standard InChI is InChI=1S/C8H8/c1-2-8-6-4-3-5-7-8/h1-5,8H,6H2/t8-/m1/s1. The quantitative estimate of drug-likeness (QED) is 0.476. The molecule has 1 aliphatic rings. The van der Waals surface area contributed by atoms with Crippen molar-refractivity contribution in [3.8, 4) is 0 Å². The fraction of sp³-hybridized carbons (Fsp3) is 0.250. The highest BCUT2D eigenvalue weighted by molar-refractivity contribution is 5.09. The minimum Gasteiger partial charge on any atom is -0.0836 e. The van der Waals surface area contributed by atoms with E-state index >= 15 is 0 Å². The zero-order chi connectivity index (χ0) is 5.82. The molecule has 0 spiro atoms. The molecule has 0 saturated heterocycles. The van der Waals surface area contributed by atoms with Crippen LogP contribution in [0, 0.1) is 18.6 Å². The van der Waals surface area contributed by atoms with Crippen molar-refractivity contribution in [1.29, 1.82) is 0 Å². The molecular formula is C8H8. The van der Waals surface area contributed by atoms with Gasteiger partial charge in [0.2, 0.25) is 0 Å². The summed E-state index contributed by atoms with van der Waals surface area (Å²) < 4.78 is 0. The van der Waals surface area contributed by atoms with E-state index in [9.17, 15) is 0 Å². The van der Waals surface area contributed by atoms with Crippen molar-refractivity contribution in [1.82, 2.24) is 0 Å². The molecule has 0 N–H and O–H groups in total. The molecule has 0 fully saturated rings. The molecule has 8 heavy (non-hydrogen) atoms. The summed E-state index contributed by atoms with van der Waals surface area (Å²) in [7, 11) is 0. The van der Waals surface area contributed by atoms with Crippen LogP contribution in [0.3, 0.4) is 0 Å². The molecule has 0 nitrogen and oxygen atoms in total. The fourth-order valence-corrected chi connectivity index (χ4v) is 0.675. The molecule has 1 aliphatic carbocycles. The summed E-state index contributed by atoms with van der Waals surface area (Å²) in [6.07, 6.45) is 11.7. The minimum atomic E-state index is 0.347. The zero-order valence-electron chi connectivity index (χ0n) is 4.67. The van der Waals surface area contributed by atoms with Crippen molar-refractivity contribution in [2.75, 3.05) is 0 Å². The Balaban J connectivity index is 2.51. The predicted octanol–water partition coefficient (Wildman–Crippen LogP) is 1.91. The third-order valence-electron chi connectivity index (χ3n) is 1.16. The van der Waals surface area contributed by atoms with Crippen LogP contribution in [0.2, 0.25) is 0 Å². The average molecular weight is 104 g/mol. The topological polar surface area (TPSA) is 0 Å². The van der Waals surface area contributed by atoms with E-state index in [-0.39, 0.29) is 0 Å². The Bertz CT molecular complexity index is 129. The summed E-state index contributed by atoms with van der Waals surface area (Å²) in [6.45, 7) is 5.26. The fourth-order valence-electron chi connectivity index (χ4n) is 0.675. The molecule has 0 heteroatoms. The van der Waals surface area contributed by atoms with Gasteiger partial charge in [0.15, 0.2) is 0 Å². The van der Waals surface area contributed by atoms with Crippen LogP contribution in [0.15, 0.2) is 24.3 Å². The largest absolute Gasteiger partial charge is 0.0836 e. The Kier molecular flexibility index (Phi) is 1.68. The lowest BCUT2D eigenvalue weighted by atomic mass is 10.0. The smallest absolute Gasteiger partial charge is 0.00586 e. The van der Waals surface area contributed by atoms with Gasteiger partial charge in [0.1, 0.15) is 0 Å². The van der Waals surface area contributed by atoms with E-state index in [4.69, 9.17) is 6.58 Å². The highest BCUT2D eigenvalue weighted by Gasteiger charge is 1.97. The van der Waals surface area contributed by atoms with Crippen molar-refractivity contribution in [3.05, 3.63) is 37.0 Å². The maximum absolute atomic E-state index is 5.26. The van der Waals surface area contributed by atoms with Crippen LogP contribution in [-0.2, 0) is 0 Å². The maximum Gasteiger partial charge on any atom is 0.00586 e. The van der Waals surface area contributed by atoms with Gasteiger partial charge in [-0.05, 0) is 12.5 Å². The van der Waals surface area contributed by atoms with E-state index in [2.05, 4.69) is 12.2 Å². The molecule has 0 bridgehead atoms. The zero-order valence-corrected chi connectivity index (χ0v) is 4.67. The summed E-state index contributed by atoms with van der Waals surface area (Å²) in [5.74, 6) is 0.347. The third-order valence-corrected chi connectivity index (χ3v) is 1.16. The van der Waals surface area contributed by atoms with E-state index in [1.165, 1.54) is 0 Å². The number of rotatable bonds is 1. The van der Waals surface area contributed by atoms with Crippen molar-refractivity contribution < 1.29 is 0 Å². The Morgan fingerprint density at radius 2 is 2.62 bits per heavy atom. The summed E-state index contributed by atoms with van der Waals surface area (Å²) in [5, 5.41) is 0. The van der Waals surface area contributed by atoms with Gasteiger partial charge in [-0.1, -0.05) is 30.9 Å². The average Bonchev–Trinajstić information content (AvgIpc) is 1.90. The first kappa shape index (κ1) is 5.36. The number of hydrogen-bond donors (Lipinski definition) is 0. The summed E-state index contributed by atoms with van der Waals surface area (Å²) in [5.41, 5.74) is 0. The van der Waals surface area contributed by atoms with Gasteiger partial charge >= 0.3 is 0 Å². The van der Waals surface area contributed by atoms with Crippen LogP contribution in [0.1, 0.15) is 6.42 Å². The SMILES string of the molecule is [CH]=C[C@H]1[C]=CC=CC1. The second-order valence-corrected chi connectivity index (χ2v) is 1.80. The molecule has 1 rings (SSSR count). The number of hydrogen-bond acceptors (Lipinski definition) is 0. The van der Waals surface area contributed by atoms with Gasteiger partial charge in [-0.15, -0.1) is 0 Å². The molecule has 0 aromatic carbocycles. The first-order valence-electron chi connectivity index (χ1n) is 2.73. The van der Waals surface area contributed by atoms with Crippen LogP contribution in [-0.4, -0.2) is 0 Å². The first-order valence-corrected chi connectivity index (χ1v) is 2.73. The number of allylic oxidation sites excluding steroid dienone is 5. The van der Waals surface area contributed by atoms with Gasteiger partial charge in [0, 0.05) is 5.92 Å². The maximum atomic E-state index is 5.26. The molecule has 0 amide bonds. The molecule has 1 atom stereocenters. The second-order valence-electron chi connectivity index (χ2n) is 1.80. The lowest BCUT2D eigenvalue weighted by molar-refractivity contribution is 0.799. The van der Waals surface area contributed by atoms with Crippen molar-refractivity contribution in [2.24, 2.45) is 5.92 Å². The monoisotopic (exact) mass is 104 g/mol. The molecule has 0 heterocycles. The van der Waals surface area contributed by atoms with E-state index in [1.54, 1.807) is 6.08 Å². The molecule has 40 valence electrons. The summed E-state index contributed by atoms with van der Waals surface area (Å²) >= 11 is 0. The van der Waals surface area contributed by atoms with Crippen LogP contribution >= 0.6 is 0 Å². The molecule has 0 aliphatic heterocycles. The molecule has 0 unspecified atom stereocenters. The highest BCUT2D eigenvalue weighted by atomic mass is 14.0. The van der Waals surface area contributed by atoms with Gasteiger partial charge in [0.25, 0.3) is 0 Å². The van der Waals surface area contributed by atoms with E-state index < -0.39 is 0 Å². The van der Waals surface area contributed by atoms with Gasteiger partial charge in [-0.3, -0.25) is 0 Å². The van der Waals surface area contributed by atoms with Crippen LogP contribution in [0.25, 0.3) is 0 Å². The summed E-state index contributed by atoms with van der Waals surface area (Å²) in [6, 6.07) is 0. The Morgan fingerprint density at radius 1 is 1.75 bits per heavy atom. The minimum absolute atomic E-state index is 0.347. The van der Waals surface area contributed by atoms with Gasteiger partial charge in [-0.2, -0.15) is 0 Å². The van der Waals surface area contributed by atoms with Crippen LogP contribution in [0.5, 0.6) is 0 Å². The molecule has 2 radical (unpaired) electrons. The van der Waals surface area contributed by atoms with Gasteiger partial charge in [0.05, 0.1) is 0 Å². The van der Waals surface area contributed by atoms with E-state index in [0.717, 1.165) is 6.42 Å². The van der Waals surface area contributed by atoms with Crippen LogP contribution < -0.4 is 0 Å². The Labute approximate surface area is 50.2 Å². The Hall–Kier alpha value is -0.780. The molecule has 0 aromatic rings. The van der Waals surface area contributed by atoms with Crippen molar-refractivity contribution in [2.45, 2.75) is 6.42 Å². The molecule has 0 saturated carbocycles. The van der Waals surface area contributed by atoms with Crippen molar-refractivity contribution >= 4 is 0 Å². The normalized spacial score (nSPS) is 25.8. The highest BCUT2D eigenvalue weighted by Crippen LogP contribution is 2.09. The predicted molar refractivity (Wildman–Crippen MR) is 33.9 cm³/mol. The van der Waals surface area contributed by atoms with Crippen molar-refractivity contribution in [3.63, 3.8) is 0 Å². The second kappa shape index (κ2) is 2.51. The van der Waals surface area contributed by atoms with E-state index in [0.29, 0.717) is 5.92 Å². The van der Waals surface area contributed by atoms with Gasteiger partial charge < -0.3 is 0 Å². The third kappa shape index (κ3) is 1.09. The molecule has 0 aromatic heterocycles. The Morgan fingerprint density at radius 3 is 3.00 bits per heavy atom. The lowest BCUT2D eigenvalue weighted by Crippen LogP contribution is -1.91. The van der Waals surface area contributed by atoms with E-state index in [1.807, 2.05) is 12.2 Å². The first-order chi connectivity index (χ1) is 3.93. The lowest BCUT2D eigenvalue weighted by Gasteiger charge is -2.03. The molecular weight excluding hydrogens is 96.1 g/mol. The van der Waals surface area contributed by atoms with Gasteiger partial charge in [-0.25, -0.2) is 0 Å². The van der Waals surface area contributed by atoms with Crippen LogP contribution in [0.4, 0.5) is 0 Å².